The molecule has 1 aliphatic rings. The SMILES string of the molecule is O=C(NN=Cc1cc(Cl)c2ncccc2c1)[C@@H]1C[C@H]1c1ccccc1. The van der Waals surface area contributed by atoms with E-state index >= 15 is 0 Å². The number of carbonyl (C=O) groups excluding carboxylic acids is 1. The number of amides is 1. The molecule has 1 aromatic heterocycles. The third-order valence-corrected chi connectivity index (χ3v) is 4.71. The van der Waals surface area contributed by atoms with Crippen LogP contribution in [0.2, 0.25) is 5.02 Å². The van der Waals surface area contributed by atoms with E-state index in [0.717, 1.165) is 22.9 Å². The number of hydrazone groups is 1. The Morgan fingerprint density at radius 3 is 2.88 bits per heavy atom. The summed E-state index contributed by atoms with van der Waals surface area (Å²) >= 11 is 6.24. The van der Waals surface area contributed by atoms with Gasteiger partial charge in [-0.1, -0.05) is 48.0 Å². The van der Waals surface area contributed by atoms with Crippen molar-refractivity contribution in [3.05, 3.63) is 76.9 Å². The van der Waals surface area contributed by atoms with E-state index in [9.17, 15) is 4.79 Å². The Bertz CT molecular complexity index is 956. The van der Waals surface area contributed by atoms with E-state index in [0.29, 0.717) is 10.9 Å². The minimum absolute atomic E-state index is 0.00365. The zero-order chi connectivity index (χ0) is 17.2. The normalized spacial score (nSPS) is 19.2. The number of hydrogen-bond donors (Lipinski definition) is 1. The number of aromatic nitrogens is 1. The molecule has 1 amide bonds. The van der Waals surface area contributed by atoms with Gasteiger partial charge in [0.25, 0.3) is 0 Å². The first kappa shape index (κ1) is 15.8. The van der Waals surface area contributed by atoms with Crippen molar-refractivity contribution in [2.45, 2.75) is 12.3 Å². The molecule has 4 nitrogen and oxygen atoms in total. The maximum atomic E-state index is 12.2. The van der Waals surface area contributed by atoms with Gasteiger partial charge in [-0.25, -0.2) is 5.43 Å². The molecule has 1 heterocycles. The molecule has 3 aromatic rings. The third kappa shape index (κ3) is 3.39. The molecule has 4 rings (SSSR count). The second-order valence-corrected chi connectivity index (χ2v) is 6.58. The van der Waals surface area contributed by atoms with Crippen molar-refractivity contribution in [1.29, 1.82) is 0 Å². The van der Waals surface area contributed by atoms with E-state index in [-0.39, 0.29) is 11.8 Å². The lowest BCUT2D eigenvalue weighted by atomic mass is 10.1. The van der Waals surface area contributed by atoms with Crippen LogP contribution in [0.4, 0.5) is 0 Å². The van der Waals surface area contributed by atoms with E-state index < -0.39 is 0 Å². The van der Waals surface area contributed by atoms with Gasteiger partial charge in [0.05, 0.1) is 16.8 Å². The van der Waals surface area contributed by atoms with Crippen LogP contribution >= 0.6 is 11.6 Å². The molecule has 1 N–H and O–H groups in total. The molecule has 0 spiro atoms. The molecule has 2 atom stereocenters. The molecule has 0 aliphatic heterocycles. The topological polar surface area (TPSA) is 54.4 Å². The number of benzene rings is 2. The fourth-order valence-corrected chi connectivity index (χ4v) is 3.33. The Labute approximate surface area is 150 Å². The van der Waals surface area contributed by atoms with Crippen molar-refractivity contribution in [2.75, 3.05) is 0 Å². The van der Waals surface area contributed by atoms with Crippen LogP contribution in [0.3, 0.4) is 0 Å². The van der Waals surface area contributed by atoms with E-state index in [2.05, 4.69) is 27.6 Å². The summed E-state index contributed by atoms with van der Waals surface area (Å²) in [5, 5.41) is 5.58. The number of hydrogen-bond acceptors (Lipinski definition) is 3. The van der Waals surface area contributed by atoms with Crippen LogP contribution in [0.25, 0.3) is 10.9 Å². The number of nitrogens with zero attached hydrogens (tertiary/aromatic N) is 2. The molecule has 2 aromatic carbocycles. The van der Waals surface area contributed by atoms with Crippen molar-refractivity contribution in [2.24, 2.45) is 11.0 Å². The molecule has 1 fully saturated rings. The first-order valence-corrected chi connectivity index (χ1v) is 8.52. The lowest BCUT2D eigenvalue weighted by molar-refractivity contribution is -0.122. The van der Waals surface area contributed by atoms with Gasteiger partial charge in [0.15, 0.2) is 0 Å². The molecule has 0 radical (unpaired) electrons. The molecule has 0 saturated heterocycles. The maximum absolute atomic E-state index is 12.2. The fourth-order valence-electron chi connectivity index (χ4n) is 3.05. The summed E-state index contributed by atoms with van der Waals surface area (Å²) in [5.41, 5.74) is 5.42. The van der Waals surface area contributed by atoms with Gasteiger partial charge in [-0.3, -0.25) is 9.78 Å². The molecule has 124 valence electrons. The zero-order valence-electron chi connectivity index (χ0n) is 13.4. The lowest BCUT2D eigenvalue weighted by Gasteiger charge is -2.02. The minimum atomic E-state index is -0.0429. The first-order chi connectivity index (χ1) is 12.2. The average Bonchev–Trinajstić information content (AvgIpc) is 3.43. The van der Waals surface area contributed by atoms with Gasteiger partial charge in [0.2, 0.25) is 5.91 Å². The maximum Gasteiger partial charge on any atom is 0.243 e. The number of pyridine rings is 1. The summed E-state index contributed by atoms with van der Waals surface area (Å²) in [6, 6.07) is 17.6. The number of rotatable bonds is 4. The van der Waals surface area contributed by atoms with Crippen LogP contribution < -0.4 is 5.43 Å². The highest BCUT2D eigenvalue weighted by Gasteiger charge is 2.43. The Morgan fingerprint density at radius 2 is 2.04 bits per heavy atom. The van der Waals surface area contributed by atoms with Crippen LogP contribution in [-0.4, -0.2) is 17.1 Å². The second kappa shape index (κ2) is 6.65. The molecule has 1 aliphatic carbocycles. The predicted octanol–water partition coefficient (Wildman–Crippen LogP) is 4.14. The second-order valence-electron chi connectivity index (χ2n) is 6.17. The van der Waals surface area contributed by atoms with Gasteiger partial charge < -0.3 is 0 Å². The van der Waals surface area contributed by atoms with Crippen LogP contribution in [0.15, 0.2) is 65.9 Å². The molecule has 25 heavy (non-hydrogen) atoms. The first-order valence-electron chi connectivity index (χ1n) is 8.14. The van der Waals surface area contributed by atoms with Gasteiger partial charge in [-0.2, -0.15) is 5.10 Å². The van der Waals surface area contributed by atoms with Crippen LogP contribution in [0.5, 0.6) is 0 Å². The van der Waals surface area contributed by atoms with Gasteiger partial charge >= 0.3 is 0 Å². The summed E-state index contributed by atoms with van der Waals surface area (Å²) in [6.45, 7) is 0. The molecule has 5 heteroatoms. The smallest absolute Gasteiger partial charge is 0.243 e. The van der Waals surface area contributed by atoms with Gasteiger partial charge in [0.1, 0.15) is 0 Å². The number of nitrogens with one attached hydrogen (secondary N) is 1. The monoisotopic (exact) mass is 349 g/mol. The molecular formula is C20H16ClN3O. The van der Waals surface area contributed by atoms with Crippen molar-refractivity contribution in [3.63, 3.8) is 0 Å². The summed E-state index contributed by atoms with van der Waals surface area (Å²) in [6.07, 6.45) is 4.19. The van der Waals surface area contributed by atoms with E-state index in [1.54, 1.807) is 18.5 Å². The minimum Gasteiger partial charge on any atom is -0.273 e. The van der Waals surface area contributed by atoms with Crippen molar-refractivity contribution >= 4 is 34.6 Å². The Balaban J connectivity index is 1.41. The Morgan fingerprint density at radius 1 is 1.20 bits per heavy atom. The Hall–Kier alpha value is -2.72. The van der Waals surface area contributed by atoms with E-state index in [4.69, 9.17) is 11.6 Å². The van der Waals surface area contributed by atoms with Gasteiger partial charge in [-0.05, 0) is 41.7 Å². The van der Waals surface area contributed by atoms with Crippen LogP contribution in [0.1, 0.15) is 23.5 Å². The largest absolute Gasteiger partial charge is 0.273 e. The average molecular weight is 350 g/mol. The summed E-state index contributed by atoms with van der Waals surface area (Å²) in [5.74, 6) is 0.264. The highest BCUT2D eigenvalue weighted by Crippen LogP contribution is 2.47. The predicted molar refractivity (Wildman–Crippen MR) is 99.8 cm³/mol. The lowest BCUT2D eigenvalue weighted by Crippen LogP contribution is -2.20. The quantitative estimate of drug-likeness (QED) is 0.568. The summed E-state index contributed by atoms with van der Waals surface area (Å²) in [4.78, 5) is 16.5. The Kier molecular flexibility index (Phi) is 4.20. The third-order valence-electron chi connectivity index (χ3n) is 4.42. The molecule has 0 unspecified atom stereocenters. The highest BCUT2D eigenvalue weighted by molar-refractivity contribution is 6.35. The number of carbonyl (C=O) groups is 1. The fraction of sp³-hybridized carbons (Fsp3) is 0.150. The molecule has 1 saturated carbocycles. The van der Waals surface area contributed by atoms with Crippen molar-refractivity contribution in [3.8, 4) is 0 Å². The van der Waals surface area contributed by atoms with E-state index in [1.165, 1.54) is 5.56 Å². The summed E-state index contributed by atoms with van der Waals surface area (Å²) in [7, 11) is 0. The molecular weight excluding hydrogens is 334 g/mol. The van der Waals surface area contributed by atoms with Gasteiger partial charge in [0, 0.05) is 17.5 Å². The van der Waals surface area contributed by atoms with Crippen molar-refractivity contribution < 1.29 is 4.79 Å². The number of fused-ring (bicyclic) bond motifs is 1. The van der Waals surface area contributed by atoms with Crippen LogP contribution in [0, 0.1) is 5.92 Å². The number of halogens is 1. The summed E-state index contributed by atoms with van der Waals surface area (Å²) < 4.78 is 0. The van der Waals surface area contributed by atoms with Crippen LogP contribution in [-0.2, 0) is 4.79 Å². The van der Waals surface area contributed by atoms with Gasteiger partial charge in [-0.15, -0.1) is 0 Å². The van der Waals surface area contributed by atoms with E-state index in [1.807, 2.05) is 36.4 Å². The standard InChI is InChI=1S/C20H16ClN3O/c21-18-10-13(9-15-7-4-8-22-19(15)18)12-23-24-20(25)17-11-16(17)14-5-2-1-3-6-14/h1-10,12,16-17H,11H2,(H,24,25)/t16-,17+/m0/s1. The highest BCUT2D eigenvalue weighted by atomic mass is 35.5. The molecule has 0 bridgehead atoms. The van der Waals surface area contributed by atoms with Crippen molar-refractivity contribution in [1.82, 2.24) is 10.4 Å². The zero-order valence-corrected chi connectivity index (χ0v) is 14.1.